The molecule has 24 heavy (non-hydrogen) atoms. The monoisotopic (exact) mass is 370 g/mol. The Balaban J connectivity index is 1.74. The lowest BCUT2D eigenvalue weighted by Gasteiger charge is -2.24. The number of hydrogen-bond donors (Lipinski definition) is 1. The van der Waals surface area contributed by atoms with Crippen molar-refractivity contribution in [2.45, 2.75) is 45.6 Å². The van der Waals surface area contributed by atoms with Crippen LogP contribution in [0.2, 0.25) is 0 Å². The molecular weight excluding hydrogens is 344 g/mol. The summed E-state index contributed by atoms with van der Waals surface area (Å²) >= 11 is 1.55. The molecule has 0 bridgehead atoms. The van der Waals surface area contributed by atoms with Gasteiger partial charge in [-0.2, -0.15) is 0 Å². The number of aryl methyl sites for hydroxylation is 1. The highest BCUT2D eigenvalue weighted by Crippen LogP contribution is 2.35. The number of fused-ring (bicyclic) bond motifs is 1. The van der Waals surface area contributed by atoms with Crippen LogP contribution in [0.4, 0.5) is 5.00 Å². The number of thiophene rings is 1. The van der Waals surface area contributed by atoms with Crippen LogP contribution in [-0.2, 0) is 16.3 Å². The minimum absolute atomic E-state index is 0.0727. The Morgan fingerprint density at radius 1 is 1.42 bits per heavy atom. The summed E-state index contributed by atoms with van der Waals surface area (Å²) in [4.78, 5) is 15.6. The minimum atomic E-state index is -2.97. The summed E-state index contributed by atoms with van der Waals surface area (Å²) < 4.78 is 23.1. The maximum absolute atomic E-state index is 12.5. The number of rotatable bonds is 4. The molecule has 1 fully saturated rings. The highest BCUT2D eigenvalue weighted by molar-refractivity contribution is 7.91. The van der Waals surface area contributed by atoms with Gasteiger partial charge in [-0.25, -0.2) is 8.42 Å². The van der Waals surface area contributed by atoms with Crippen molar-refractivity contribution in [2.24, 2.45) is 5.92 Å². The standard InChI is InChI=1S/C17H26N2O3S2/c1-12(2)10-19-7-4-3-5-13-9-15(23-17(13)19)16(20)18-14-6-8-24(21,22)11-14/h9,12,14H,3-8,10-11H2,1-2H3,(H,18,20). The summed E-state index contributed by atoms with van der Waals surface area (Å²) in [5.41, 5.74) is 1.27. The molecule has 0 saturated carbocycles. The largest absolute Gasteiger partial charge is 0.363 e. The summed E-state index contributed by atoms with van der Waals surface area (Å²) in [5, 5.41) is 4.13. The van der Waals surface area contributed by atoms with Crippen molar-refractivity contribution in [1.29, 1.82) is 0 Å². The third-order valence-corrected chi connectivity index (χ3v) is 7.58. The van der Waals surface area contributed by atoms with E-state index in [0.29, 0.717) is 17.2 Å². The molecule has 3 heterocycles. The number of nitrogens with zero attached hydrogens (tertiary/aromatic N) is 1. The number of nitrogens with one attached hydrogen (secondary N) is 1. The molecule has 2 aliphatic heterocycles. The second-order valence-electron chi connectivity index (χ2n) is 7.31. The molecule has 0 aliphatic carbocycles. The first-order valence-corrected chi connectivity index (χ1v) is 11.4. The molecule has 0 aromatic carbocycles. The van der Waals surface area contributed by atoms with Gasteiger partial charge in [0, 0.05) is 19.1 Å². The zero-order valence-electron chi connectivity index (χ0n) is 14.4. The van der Waals surface area contributed by atoms with E-state index in [1.54, 1.807) is 11.3 Å². The predicted molar refractivity (Wildman–Crippen MR) is 98.8 cm³/mol. The number of sulfone groups is 1. The molecule has 1 aromatic heterocycles. The lowest BCUT2D eigenvalue weighted by atomic mass is 10.1. The second kappa shape index (κ2) is 7.04. The Labute approximate surface area is 148 Å². The van der Waals surface area contributed by atoms with E-state index in [2.05, 4.69) is 24.1 Å². The molecule has 134 valence electrons. The van der Waals surface area contributed by atoms with Crippen molar-refractivity contribution < 1.29 is 13.2 Å². The molecule has 7 heteroatoms. The molecule has 1 saturated heterocycles. The normalized spacial score (nSPS) is 23.1. The first-order chi connectivity index (χ1) is 11.3. The van der Waals surface area contributed by atoms with E-state index in [-0.39, 0.29) is 23.5 Å². The van der Waals surface area contributed by atoms with Crippen LogP contribution in [0.15, 0.2) is 6.07 Å². The van der Waals surface area contributed by atoms with Crippen molar-refractivity contribution in [3.8, 4) is 0 Å². The Morgan fingerprint density at radius 3 is 2.88 bits per heavy atom. The van der Waals surface area contributed by atoms with Crippen LogP contribution < -0.4 is 10.2 Å². The number of carbonyl (C=O) groups excluding carboxylic acids is 1. The van der Waals surface area contributed by atoms with Crippen LogP contribution in [0, 0.1) is 5.92 Å². The topological polar surface area (TPSA) is 66.5 Å². The van der Waals surface area contributed by atoms with Crippen LogP contribution in [0.3, 0.4) is 0 Å². The van der Waals surface area contributed by atoms with Gasteiger partial charge in [-0.3, -0.25) is 4.79 Å². The third kappa shape index (κ3) is 4.11. The molecule has 0 radical (unpaired) electrons. The molecule has 1 N–H and O–H groups in total. The van der Waals surface area contributed by atoms with Gasteiger partial charge in [0.05, 0.1) is 21.4 Å². The second-order valence-corrected chi connectivity index (χ2v) is 10.6. The van der Waals surface area contributed by atoms with Gasteiger partial charge in [0.15, 0.2) is 9.84 Å². The van der Waals surface area contributed by atoms with E-state index in [0.717, 1.165) is 25.9 Å². The number of hydrogen-bond acceptors (Lipinski definition) is 5. The van der Waals surface area contributed by atoms with Gasteiger partial charge in [0.1, 0.15) is 0 Å². The molecular formula is C17H26N2O3S2. The SMILES string of the molecule is CC(C)CN1CCCCc2cc(C(=O)NC3CCS(=O)(=O)C3)sc21. The Kier molecular flexibility index (Phi) is 5.20. The molecule has 1 aromatic rings. The minimum Gasteiger partial charge on any atom is -0.363 e. The Hall–Kier alpha value is -1.08. The van der Waals surface area contributed by atoms with Crippen molar-refractivity contribution in [3.63, 3.8) is 0 Å². The van der Waals surface area contributed by atoms with E-state index >= 15 is 0 Å². The molecule has 1 unspecified atom stereocenters. The Bertz CT molecular complexity index is 709. The molecule has 1 amide bonds. The van der Waals surface area contributed by atoms with Gasteiger partial charge in [-0.1, -0.05) is 13.8 Å². The van der Waals surface area contributed by atoms with E-state index in [9.17, 15) is 13.2 Å². The lowest BCUT2D eigenvalue weighted by Crippen LogP contribution is -2.35. The number of anilines is 1. The summed E-state index contributed by atoms with van der Waals surface area (Å²) in [5.74, 6) is 0.711. The van der Waals surface area contributed by atoms with Crippen LogP contribution in [0.25, 0.3) is 0 Å². The summed E-state index contributed by atoms with van der Waals surface area (Å²) in [6, 6.07) is 1.77. The summed E-state index contributed by atoms with van der Waals surface area (Å²) in [6.45, 7) is 6.49. The van der Waals surface area contributed by atoms with Gasteiger partial charge in [-0.15, -0.1) is 11.3 Å². The highest BCUT2D eigenvalue weighted by atomic mass is 32.2. The van der Waals surface area contributed by atoms with Crippen molar-refractivity contribution in [3.05, 3.63) is 16.5 Å². The fourth-order valence-electron chi connectivity index (χ4n) is 3.48. The average molecular weight is 371 g/mol. The van der Waals surface area contributed by atoms with Gasteiger partial charge < -0.3 is 10.2 Å². The molecule has 3 rings (SSSR count). The van der Waals surface area contributed by atoms with Crippen LogP contribution in [0.5, 0.6) is 0 Å². The number of amides is 1. The van der Waals surface area contributed by atoms with E-state index in [1.165, 1.54) is 17.0 Å². The predicted octanol–water partition coefficient (Wildman–Crippen LogP) is 2.46. The molecule has 5 nitrogen and oxygen atoms in total. The van der Waals surface area contributed by atoms with E-state index in [1.807, 2.05) is 6.07 Å². The quantitative estimate of drug-likeness (QED) is 0.884. The van der Waals surface area contributed by atoms with Crippen molar-refractivity contribution >= 4 is 32.1 Å². The number of carbonyl (C=O) groups is 1. The lowest BCUT2D eigenvalue weighted by molar-refractivity contribution is 0.0945. The van der Waals surface area contributed by atoms with E-state index < -0.39 is 9.84 Å². The van der Waals surface area contributed by atoms with Gasteiger partial charge >= 0.3 is 0 Å². The highest BCUT2D eigenvalue weighted by Gasteiger charge is 2.30. The van der Waals surface area contributed by atoms with Gasteiger partial charge in [0.2, 0.25) is 0 Å². The smallest absolute Gasteiger partial charge is 0.261 e. The van der Waals surface area contributed by atoms with Crippen molar-refractivity contribution in [1.82, 2.24) is 5.32 Å². The average Bonchev–Trinajstić information content (AvgIpc) is 3.00. The molecule has 1 atom stereocenters. The first-order valence-electron chi connectivity index (χ1n) is 8.73. The van der Waals surface area contributed by atoms with E-state index in [4.69, 9.17) is 0 Å². The van der Waals surface area contributed by atoms with Crippen LogP contribution in [0.1, 0.15) is 48.3 Å². The summed E-state index contributed by atoms with van der Waals surface area (Å²) in [6.07, 6.45) is 3.89. The van der Waals surface area contributed by atoms with Gasteiger partial charge in [0.25, 0.3) is 5.91 Å². The van der Waals surface area contributed by atoms with Crippen molar-refractivity contribution in [2.75, 3.05) is 29.5 Å². The molecule has 2 aliphatic rings. The Morgan fingerprint density at radius 2 is 2.21 bits per heavy atom. The fraction of sp³-hybridized carbons (Fsp3) is 0.706. The van der Waals surface area contributed by atoms with Gasteiger partial charge in [-0.05, 0) is 43.2 Å². The van der Waals surface area contributed by atoms with Crippen LogP contribution >= 0.6 is 11.3 Å². The summed E-state index contributed by atoms with van der Waals surface area (Å²) in [7, 11) is -2.97. The molecule has 0 spiro atoms. The maximum Gasteiger partial charge on any atom is 0.261 e. The van der Waals surface area contributed by atoms with Crippen LogP contribution in [-0.4, -0.2) is 45.0 Å². The zero-order valence-corrected chi connectivity index (χ0v) is 16.0. The zero-order chi connectivity index (χ0) is 17.3. The fourth-order valence-corrected chi connectivity index (χ4v) is 6.30. The maximum atomic E-state index is 12.5. The first kappa shape index (κ1) is 17.7. The third-order valence-electron chi connectivity index (χ3n) is 4.57.